The van der Waals surface area contributed by atoms with Crippen LogP contribution in [0.25, 0.3) is 5.76 Å². The van der Waals surface area contributed by atoms with Gasteiger partial charge in [0.25, 0.3) is 11.7 Å². The second-order valence-electron chi connectivity index (χ2n) is 6.84. The summed E-state index contributed by atoms with van der Waals surface area (Å²) >= 11 is 6.15. The van der Waals surface area contributed by atoms with Gasteiger partial charge >= 0.3 is 0 Å². The van der Waals surface area contributed by atoms with Gasteiger partial charge in [0.2, 0.25) is 0 Å². The van der Waals surface area contributed by atoms with Crippen LogP contribution in [0.1, 0.15) is 30.0 Å². The molecule has 4 rings (SSSR count). The van der Waals surface area contributed by atoms with Crippen LogP contribution in [0.3, 0.4) is 0 Å². The van der Waals surface area contributed by atoms with E-state index >= 15 is 0 Å². The number of Topliss-reactive ketones (excluding diaryl/α,β-unsaturated/α-hetero) is 1. The van der Waals surface area contributed by atoms with Crippen LogP contribution in [-0.4, -0.2) is 33.3 Å². The first-order valence-electron chi connectivity index (χ1n) is 9.65. The van der Waals surface area contributed by atoms with Crippen molar-refractivity contribution in [2.45, 2.75) is 19.5 Å². The zero-order chi connectivity index (χ0) is 22.0. The second kappa shape index (κ2) is 8.65. The molecule has 8 heteroatoms. The number of pyridine rings is 1. The summed E-state index contributed by atoms with van der Waals surface area (Å²) < 4.78 is 10.9. The van der Waals surface area contributed by atoms with Crippen molar-refractivity contribution < 1.29 is 23.8 Å². The lowest BCUT2D eigenvalue weighted by Gasteiger charge is -2.23. The third kappa shape index (κ3) is 3.92. The Kier molecular flexibility index (Phi) is 5.77. The molecule has 3 heterocycles. The molecule has 1 aliphatic rings. The third-order valence-electron chi connectivity index (χ3n) is 4.92. The first kappa shape index (κ1) is 20.7. The van der Waals surface area contributed by atoms with Crippen LogP contribution >= 0.6 is 11.6 Å². The van der Waals surface area contributed by atoms with E-state index in [4.69, 9.17) is 20.8 Å². The number of halogens is 1. The number of hydrogen-bond donors (Lipinski definition) is 1. The molecule has 1 fully saturated rings. The van der Waals surface area contributed by atoms with Crippen molar-refractivity contribution in [3.8, 4) is 5.75 Å². The summed E-state index contributed by atoms with van der Waals surface area (Å²) in [5.74, 6) is -0.992. The fourth-order valence-electron chi connectivity index (χ4n) is 3.53. The predicted octanol–water partition coefficient (Wildman–Crippen LogP) is 4.35. The molecule has 3 aromatic rings. The van der Waals surface area contributed by atoms with Gasteiger partial charge in [0.1, 0.15) is 23.3 Å². The maximum Gasteiger partial charge on any atom is 0.296 e. The monoisotopic (exact) mass is 438 g/mol. The zero-order valence-corrected chi connectivity index (χ0v) is 17.4. The molecule has 0 radical (unpaired) electrons. The number of hydrogen-bond acceptors (Lipinski definition) is 6. The van der Waals surface area contributed by atoms with Crippen LogP contribution in [0.4, 0.5) is 0 Å². The molecule has 1 unspecified atom stereocenters. The predicted molar refractivity (Wildman–Crippen MR) is 113 cm³/mol. The number of amides is 1. The van der Waals surface area contributed by atoms with E-state index in [1.165, 1.54) is 17.2 Å². The normalized spacial score (nSPS) is 17.9. The minimum atomic E-state index is -0.877. The Balaban J connectivity index is 1.85. The van der Waals surface area contributed by atoms with Crippen LogP contribution in [0, 0.1) is 0 Å². The van der Waals surface area contributed by atoms with Crippen LogP contribution in [-0.2, 0) is 16.1 Å². The molecule has 1 aliphatic heterocycles. The van der Waals surface area contributed by atoms with E-state index in [1.54, 1.807) is 48.7 Å². The third-order valence-corrected chi connectivity index (χ3v) is 5.23. The van der Waals surface area contributed by atoms with Crippen molar-refractivity contribution in [2.75, 3.05) is 6.61 Å². The topological polar surface area (TPSA) is 92.9 Å². The minimum Gasteiger partial charge on any atom is -0.507 e. The van der Waals surface area contributed by atoms with Gasteiger partial charge in [0, 0.05) is 11.8 Å². The molecular weight excluding hydrogens is 420 g/mol. The molecule has 1 atom stereocenters. The number of carbonyl (C=O) groups excluding carboxylic acids is 2. The maximum atomic E-state index is 13.0. The summed E-state index contributed by atoms with van der Waals surface area (Å²) in [6.45, 7) is 2.25. The molecule has 0 aliphatic carbocycles. The van der Waals surface area contributed by atoms with Gasteiger partial charge in [-0.15, -0.1) is 0 Å². The molecule has 1 aromatic carbocycles. The number of aromatic nitrogens is 1. The summed E-state index contributed by atoms with van der Waals surface area (Å²) in [7, 11) is 0. The fourth-order valence-corrected chi connectivity index (χ4v) is 3.70. The summed E-state index contributed by atoms with van der Waals surface area (Å²) in [4.78, 5) is 31.6. The summed E-state index contributed by atoms with van der Waals surface area (Å²) in [5, 5.41) is 11.5. The van der Waals surface area contributed by atoms with E-state index in [9.17, 15) is 14.7 Å². The lowest BCUT2D eigenvalue weighted by atomic mass is 9.98. The highest BCUT2D eigenvalue weighted by atomic mass is 35.5. The average Bonchev–Trinajstić information content (AvgIpc) is 3.38. The number of rotatable bonds is 6. The van der Waals surface area contributed by atoms with Gasteiger partial charge in [0.05, 0.1) is 35.7 Å². The van der Waals surface area contributed by atoms with Gasteiger partial charge in [0.15, 0.2) is 0 Å². The molecule has 1 N–H and O–H groups in total. The average molecular weight is 439 g/mol. The Labute approximate surface area is 183 Å². The molecule has 31 heavy (non-hydrogen) atoms. The van der Waals surface area contributed by atoms with Crippen LogP contribution < -0.4 is 4.74 Å². The molecule has 1 amide bonds. The number of benzene rings is 1. The van der Waals surface area contributed by atoms with E-state index in [-0.39, 0.29) is 17.9 Å². The fraction of sp³-hybridized carbons (Fsp3) is 0.174. The molecule has 0 bridgehead atoms. The van der Waals surface area contributed by atoms with Crippen molar-refractivity contribution in [1.29, 1.82) is 0 Å². The largest absolute Gasteiger partial charge is 0.507 e. The van der Waals surface area contributed by atoms with Crippen molar-refractivity contribution in [3.05, 3.63) is 88.6 Å². The first-order valence-corrected chi connectivity index (χ1v) is 10.0. The Hall–Kier alpha value is -3.58. The Morgan fingerprint density at radius 1 is 1.23 bits per heavy atom. The molecule has 7 nitrogen and oxygen atoms in total. The SMILES string of the molecule is CCOc1cc(/C(O)=C2/C(=O)C(=O)N(Cc3ccco3)C2c2ccccn2)ccc1Cl. The molecule has 0 spiro atoms. The Morgan fingerprint density at radius 3 is 2.74 bits per heavy atom. The molecular formula is C23H19ClN2O5. The van der Waals surface area contributed by atoms with Gasteiger partial charge in [-0.3, -0.25) is 14.6 Å². The number of nitrogens with zero attached hydrogens (tertiary/aromatic N) is 2. The van der Waals surface area contributed by atoms with Crippen molar-refractivity contribution in [1.82, 2.24) is 9.88 Å². The standard InChI is InChI=1S/C23H19ClN2O5/c1-2-30-18-12-14(8-9-16(18)24)21(27)19-20(17-7-3-4-10-25-17)26(23(29)22(19)28)13-15-6-5-11-31-15/h3-12,20,27H,2,13H2,1H3/b21-19-. The highest BCUT2D eigenvalue weighted by Crippen LogP contribution is 2.40. The summed E-state index contributed by atoms with van der Waals surface area (Å²) in [6.07, 6.45) is 3.06. The molecule has 158 valence electrons. The van der Waals surface area contributed by atoms with Crippen LogP contribution in [0.2, 0.25) is 5.02 Å². The number of likely N-dealkylation sites (tertiary alicyclic amines) is 1. The van der Waals surface area contributed by atoms with Gasteiger partial charge in [-0.25, -0.2) is 0 Å². The number of furan rings is 1. The minimum absolute atomic E-state index is 0.0555. The summed E-state index contributed by atoms with van der Waals surface area (Å²) in [6, 6.07) is 12.4. The number of carbonyl (C=O) groups is 2. The van der Waals surface area contributed by atoms with Gasteiger partial charge in [-0.2, -0.15) is 0 Å². The van der Waals surface area contributed by atoms with E-state index in [0.717, 1.165) is 0 Å². The van der Waals surface area contributed by atoms with Crippen LogP contribution in [0.15, 0.2) is 71.0 Å². The van der Waals surface area contributed by atoms with E-state index in [2.05, 4.69) is 4.98 Å². The molecule has 0 saturated carbocycles. The number of ether oxygens (including phenoxy) is 1. The van der Waals surface area contributed by atoms with Crippen molar-refractivity contribution >= 4 is 29.1 Å². The first-order chi connectivity index (χ1) is 15.0. The highest BCUT2D eigenvalue weighted by molar-refractivity contribution is 6.46. The lowest BCUT2D eigenvalue weighted by Crippen LogP contribution is -2.29. The van der Waals surface area contributed by atoms with Gasteiger partial charge in [-0.1, -0.05) is 17.7 Å². The smallest absolute Gasteiger partial charge is 0.296 e. The highest BCUT2D eigenvalue weighted by Gasteiger charge is 2.47. The zero-order valence-electron chi connectivity index (χ0n) is 16.6. The van der Waals surface area contributed by atoms with Crippen molar-refractivity contribution in [3.63, 3.8) is 0 Å². The summed E-state index contributed by atoms with van der Waals surface area (Å²) in [5.41, 5.74) is 0.707. The lowest BCUT2D eigenvalue weighted by molar-refractivity contribution is -0.140. The van der Waals surface area contributed by atoms with Gasteiger partial charge < -0.3 is 19.2 Å². The molecule has 2 aromatic heterocycles. The molecule has 1 saturated heterocycles. The van der Waals surface area contributed by atoms with E-state index in [1.807, 2.05) is 6.92 Å². The van der Waals surface area contributed by atoms with E-state index in [0.29, 0.717) is 34.4 Å². The number of aliphatic hydroxyl groups excluding tert-OH is 1. The Morgan fingerprint density at radius 2 is 2.06 bits per heavy atom. The second-order valence-corrected chi connectivity index (χ2v) is 7.25. The number of aliphatic hydroxyl groups is 1. The van der Waals surface area contributed by atoms with E-state index < -0.39 is 17.7 Å². The van der Waals surface area contributed by atoms with Crippen LogP contribution in [0.5, 0.6) is 5.75 Å². The van der Waals surface area contributed by atoms with Gasteiger partial charge in [-0.05, 0) is 49.4 Å². The number of ketones is 1. The quantitative estimate of drug-likeness (QED) is 0.349. The maximum absolute atomic E-state index is 13.0. The Bertz CT molecular complexity index is 1140. The van der Waals surface area contributed by atoms with Crippen molar-refractivity contribution in [2.24, 2.45) is 0 Å².